The summed E-state index contributed by atoms with van der Waals surface area (Å²) in [6.45, 7) is 0.606. The molecule has 7 nitrogen and oxygen atoms in total. The molecule has 2 aliphatic rings. The maximum absolute atomic E-state index is 13.7. The second kappa shape index (κ2) is 10.2. The molecular weight excluding hydrogens is 508 g/mol. The van der Waals surface area contributed by atoms with E-state index in [9.17, 15) is 13.2 Å². The number of rotatable bonds is 6. The minimum atomic E-state index is -3.67. The number of sulfone groups is 1. The average Bonchev–Trinajstić information content (AvgIpc) is 3.63. The first kappa shape index (κ1) is 25.1. The Morgan fingerprint density at radius 3 is 2.46 bits per heavy atom. The summed E-state index contributed by atoms with van der Waals surface area (Å²) in [5.41, 5.74) is 3.52. The molecule has 1 N–H and O–H groups in total. The summed E-state index contributed by atoms with van der Waals surface area (Å²) in [5, 5.41) is 7.52. The Balaban J connectivity index is 1.32. The zero-order valence-corrected chi connectivity index (χ0v) is 22.6. The first-order valence-corrected chi connectivity index (χ1v) is 14.7. The van der Waals surface area contributed by atoms with Crippen molar-refractivity contribution in [3.8, 4) is 0 Å². The molecule has 0 saturated heterocycles. The second-order valence-corrected chi connectivity index (χ2v) is 12.1. The van der Waals surface area contributed by atoms with Crippen LogP contribution in [0.1, 0.15) is 36.8 Å². The zero-order chi connectivity index (χ0) is 27.0. The van der Waals surface area contributed by atoms with Crippen LogP contribution in [0.2, 0.25) is 0 Å². The molecule has 0 atom stereocenters. The van der Waals surface area contributed by atoms with Gasteiger partial charge in [0.1, 0.15) is 0 Å². The number of amides is 1. The Morgan fingerprint density at radius 2 is 1.67 bits per heavy atom. The smallest absolute Gasteiger partial charge is 0.257 e. The summed E-state index contributed by atoms with van der Waals surface area (Å²) in [5.74, 6) is 0.521. The maximum Gasteiger partial charge on any atom is 0.257 e. The molecular formula is C31H30N4O3S. The standard InChI is InChI=1S/C31H30N4O3S/c1-34-26-13-7-8-14-28(26)39(37,38)29-16-15-24(20-27(29)34)25(19-22-9-5-6-10-22)31(36)32-30-17-18-35(33-30)21-23-11-3-2-4-12-23/h2-4,7-8,11-20,22H,5-6,9-10,21H2,1H3,(H,32,33,36). The van der Waals surface area contributed by atoms with Crippen molar-refractivity contribution in [2.45, 2.75) is 42.0 Å². The van der Waals surface area contributed by atoms with Crippen LogP contribution in [0.3, 0.4) is 0 Å². The molecule has 0 spiro atoms. The van der Waals surface area contributed by atoms with Crippen LogP contribution in [-0.2, 0) is 21.2 Å². The molecule has 8 heteroatoms. The Hall–Kier alpha value is -4.17. The van der Waals surface area contributed by atoms with Gasteiger partial charge in [0.25, 0.3) is 5.91 Å². The van der Waals surface area contributed by atoms with Crippen molar-refractivity contribution in [2.24, 2.45) is 5.92 Å². The molecule has 4 aromatic rings. The number of para-hydroxylation sites is 1. The van der Waals surface area contributed by atoms with E-state index in [-0.39, 0.29) is 10.8 Å². The van der Waals surface area contributed by atoms with E-state index >= 15 is 0 Å². The summed E-state index contributed by atoms with van der Waals surface area (Å²) >= 11 is 0. The molecule has 198 valence electrons. The van der Waals surface area contributed by atoms with Crippen molar-refractivity contribution < 1.29 is 13.2 Å². The molecule has 39 heavy (non-hydrogen) atoms. The Morgan fingerprint density at radius 1 is 0.949 bits per heavy atom. The van der Waals surface area contributed by atoms with Gasteiger partial charge < -0.3 is 10.2 Å². The highest BCUT2D eigenvalue weighted by atomic mass is 32.2. The van der Waals surface area contributed by atoms with E-state index in [4.69, 9.17) is 0 Å². The van der Waals surface area contributed by atoms with Crippen LogP contribution in [0, 0.1) is 5.92 Å². The molecule has 1 amide bonds. The zero-order valence-electron chi connectivity index (χ0n) is 21.7. The third-order valence-corrected chi connectivity index (χ3v) is 9.40. The number of hydrogen-bond acceptors (Lipinski definition) is 5. The lowest BCUT2D eigenvalue weighted by atomic mass is 9.97. The van der Waals surface area contributed by atoms with Crippen LogP contribution < -0.4 is 10.2 Å². The van der Waals surface area contributed by atoms with Gasteiger partial charge in [-0.15, -0.1) is 0 Å². The molecule has 1 aromatic heterocycles. The Labute approximate surface area is 228 Å². The van der Waals surface area contributed by atoms with E-state index in [1.807, 2.05) is 60.6 Å². The first-order chi connectivity index (χ1) is 18.9. The van der Waals surface area contributed by atoms with Crippen LogP contribution in [0.5, 0.6) is 0 Å². The largest absolute Gasteiger partial charge is 0.342 e. The first-order valence-electron chi connectivity index (χ1n) is 13.2. The predicted octanol–water partition coefficient (Wildman–Crippen LogP) is 6.06. The average molecular weight is 539 g/mol. The quantitative estimate of drug-likeness (QED) is 0.302. The number of carbonyl (C=O) groups is 1. The van der Waals surface area contributed by atoms with Gasteiger partial charge in [0.15, 0.2) is 5.82 Å². The summed E-state index contributed by atoms with van der Waals surface area (Å²) < 4.78 is 28.5. The van der Waals surface area contributed by atoms with Crippen LogP contribution in [0.15, 0.2) is 101 Å². The molecule has 0 radical (unpaired) electrons. The highest BCUT2D eigenvalue weighted by Crippen LogP contribution is 2.44. The fraction of sp³-hybridized carbons (Fsp3) is 0.226. The Bertz CT molecular complexity index is 1670. The van der Waals surface area contributed by atoms with E-state index in [0.717, 1.165) is 31.2 Å². The van der Waals surface area contributed by atoms with Gasteiger partial charge in [0, 0.05) is 24.9 Å². The molecule has 1 fully saturated rings. The number of nitrogens with zero attached hydrogens (tertiary/aromatic N) is 3. The number of carbonyl (C=O) groups excluding carboxylic acids is 1. The van der Waals surface area contributed by atoms with Gasteiger partial charge in [-0.3, -0.25) is 9.48 Å². The number of nitrogens with one attached hydrogen (secondary N) is 1. The van der Waals surface area contributed by atoms with Crippen LogP contribution in [0.4, 0.5) is 17.2 Å². The van der Waals surface area contributed by atoms with E-state index < -0.39 is 9.84 Å². The fourth-order valence-electron chi connectivity index (χ4n) is 5.52. The highest BCUT2D eigenvalue weighted by molar-refractivity contribution is 7.92. The minimum absolute atomic E-state index is 0.243. The molecule has 1 saturated carbocycles. The van der Waals surface area contributed by atoms with Crippen molar-refractivity contribution in [1.29, 1.82) is 0 Å². The summed E-state index contributed by atoms with van der Waals surface area (Å²) in [4.78, 5) is 16.1. The number of allylic oxidation sites excluding steroid dienone is 1. The van der Waals surface area contributed by atoms with Gasteiger partial charge in [0.2, 0.25) is 9.84 Å². The van der Waals surface area contributed by atoms with Gasteiger partial charge in [-0.25, -0.2) is 8.42 Å². The lowest BCUT2D eigenvalue weighted by Crippen LogP contribution is -2.23. The molecule has 3 aromatic carbocycles. The SMILES string of the molecule is CN1c2ccccc2S(=O)(=O)c2ccc(C(=CC3CCCC3)C(=O)Nc3ccn(Cc4ccccc4)n3)cc21. The highest BCUT2D eigenvalue weighted by Gasteiger charge is 2.33. The molecule has 0 bridgehead atoms. The third kappa shape index (κ3) is 4.88. The lowest BCUT2D eigenvalue weighted by molar-refractivity contribution is -0.111. The van der Waals surface area contributed by atoms with E-state index in [1.165, 1.54) is 0 Å². The molecule has 1 aliphatic heterocycles. The van der Waals surface area contributed by atoms with Gasteiger partial charge in [-0.1, -0.05) is 67.4 Å². The van der Waals surface area contributed by atoms with Crippen LogP contribution in [0.25, 0.3) is 5.57 Å². The van der Waals surface area contributed by atoms with E-state index in [1.54, 1.807) is 41.1 Å². The predicted molar refractivity (Wildman–Crippen MR) is 153 cm³/mol. The van der Waals surface area contributed by atoms with Crippen LogP contribution in [-0.4, -0.2) is 31.2 Å². The summed E-state index contributed by atoms with van der Waals surface area (Å²) in [6.07, 6.45) is 8.25. The van der Waals surface area contributed by atoms with Crippen molar-refractivity contribution in [3.63, 3.8) is 0 Å². The molecule has 2 heterocycles. The Kier molecular flexibility index (Phi) is 6.56. The summed E-state index contributed by atoms with van der Waals surface area (Å²) in [7, 11) is -1.81. The topological polar surface area (TPSA) is 84.3 Å². The van der Waals surface area contributed by atoms with E-state index in [2.05, 4.69) is 16.5 Å². The van der Waals surface area contributed by atoms with Gasteiger partial charge in [-0.2, -0.15) is 5.10 Å². The van der Waals surface area contributed by atoms with Gasteiger partial charge in [0.05, 0.1) is 27.7 Å². The maximum atomic E-state index is 13.7. The van der Waals surface area contributed by atoms with E-state index in [0.29, 0.717) is 45.7 Å². The number of hydrogen-bond donors (Lipinski definition) is 1. The fourth-order valence-corrected chi connectivity index (χ4v) is 7.21. The monoisotopic (exact) mass is 538 g/mol. The van der Waals surface area contributed by atoms with Gasteiger partial charge in [-0.05, 0) is 54.2 Å². The molecule has 6 rings (SSSR count). The summed E-state index contributed by atoms with van der Waals surface area (Å²) in [6, 6.07) is 24.0. The van der Waals surface area contributed by atoms with Crippen molar-refractivity contribution in [1.82, 2.24) is 9.78 Å². The van der Waals surface area contributed by atoms with Crippen molar-refractivity contribution >= 4 is 38.5 Å². The number of anilines is 3. The van der Waals surface area contributed by atoms with Crippen LogP contribution >= 0.6 is 0 Å². The van der Waals surface area contributed by atoms with Crippen molar-refractivity contribution in [3.05, 3.63) is 102 Å². The second-order valence-electron chi connectivity index (χ2n) is 10.2. The third-order valence-electron chi connectivity index (χ3n) is 7.55. The lowest BCUT2D eigenvalue weighted by Gasteiger charge is -2.30. The van der Waals surface area contributed by atoms with Crippen molar-refractivity contribution in [2.75, 3.05) is 17.3 Å². The normalized spacial score (nSPS) is 16.5. The number of fused-ring (bicyclic) bond motifs is 2. The minimum Gasteiger partial charge on any atom is -0.342 e. The molecule has 0 unspecified atom stereocenters. The number of aromatic nitrogens is 2. The molecule has 1 aliphatic carbocycles. The van der Waals surface area contributed by atoms with Gasteiger partial charge >= 0.3 is 0 Å². The number of benzene rings is 3.